The number of amides is 1. The fourth-order valence-corrected chi connectivity index (χ4v) is 2.49. The van der Waals surface area contributed by atoms with Crippen molar-refractivity contribution in [3.63, 3.8) is 0 Å². The molecular weight excluding hydrogens is 356 g/mol. The minimum absolute atomic E-state index is 0.0516. The van der Waals surface area contributed by atoms with Crippen molar-refractivity contribution in [3.8, 4) is 11.5 Å². The molecule has 10 heteroatoms. The number of H-pyrrole nitrogens is 1. The van der Waals surface area contributed by atoms with Gasteiger partial charge in [-0.05, 0) is 29.8 Å². The first kappa shape index (κ1) is 18.3. The van der Waals surface area contributed by atoms with Gasteiger partial charge < -0.3 is 19.9 Å². The number of aromatic nitrogens is 2. The third-order valence-electron chi connectivity index (χ3n) is 3.94. The monoisotopic (exact) mass is 372 g/mol. The van der Waals surface area contributed by atoms with Crippen LogP contribution in [-0.2, 0) is 0 Å². The number of aliphatic hydroxyl groups is 2. The summed E-state index contributed by atoms with van der Waals surface area (Å²) in [6, 6.07) is 9.03. The number of hydrogen-bond donors (Lipinski definition) is 4. The van der Waals surface area contributed by atoms with Crippen LogP contribution in [0, 0.1) is 10.1 Å². The number of nitrogens with one attached hydrogen (secondary N) is 2. The molecule has 2 aromatic heterocycles. The second kappa shape index (κ2) is 7.81. The molecule has 0 saturated carbocycles. The van der Waals surface area contributed by atoms with Crippen LogP contribution in [0.25, 0.3) is 11.5 Å². The molecule has 0 aliphatic heterocycles. The van der Waals surface area contributed by atoms with Crippen molar-refractivity contribution in [2.75, 3.05) is 6.61 Å². The first-order valence-corrected chi connectivity index (χ1v) is 7.93. The van der Waals surface area contributed by atoms with Crippen molar-refractivity contribution in [1.82, 2.24) is 15.5 Å². The predicted octanol–water partition coefficient (Wildman–Crippen LogP) is 1.40. The highest BCUT2D eigenvalue weighted by Gasteiger charge is 2.24. The van der Waals surface area contributed by atoms with Crippen molar-refractivity contribution in [2.45, 2.75) is 12.1 Å². The fourth-order valence-electron chi connectivity index (χ4n) is 2.49. The Balaban J connectivity index is 1.70. The molecule has 4 N–H and O–H groups in total. The van der Waals surface area contributed by atoms with Crippen LogP contribution in [0.15, 0.2) is 53.1 Å². The van der Waals surface area contributed by atoms with Gasteiger partial charge in [-0.1, -0.05) is 0 Å². The van der Waals surface area contributed by atoms with E-state index >= 15 is 0 Å². The molecule has 1 aromatic carbocycles. The molecule has 2 atom stereocenters. The van der Waals surface area contributed by atoms with Crippen LogP contribution >= 0.6 is 0 Å². The second-order valence-electron chi connectivity index (χ2n) is 5.70. The molecule has 2 heterocycles. The van der Waals surface area contributed by atoms with E-state index in [9.17, 15) is 25.1 Å². The lowest BCUT2D eigenvalue weighted by Gasteiger charge is -2.22. The number of aliphatic hydroxyl groups excluding tert-OH is 2. The summed E-state index contributed by atoms with van der Waals surface area (Å²) in [5.74, 6) is -0.102. The lowest BCUT2D eigenvalue weighted by Crippen LogP contribution is -2.42. The largest absolute Gasteiger partial charge is 0.463 e. The summed E-state index contributed by atoms with van der Waals surface area (Å²) >= 11 is 0. The van der Waals surface area contributed by atoms with Crippen molar-refractivity contribution in [1.29, 1.82) is 0 Å². The molecule has 0 fully saturated rings. The average Bonchev–Trinajstić information content (AvgIpc) is 3.36. The second-order valence-corrected chi connectivity index (χ2v) is 5.70. The summed E-state index contributed by atoms with van der Waals surface area (Å²) in [4.78, 5) is 22.5. The van der Waals surface area contributed by atoms with Crippen LogP contribution in [-0.4, -0.2) is 43.9 Å². The Bertz CT molecular complexity index is 919. The molecule has 3 rings (SSSR count). The smallest absolute Gasteiger partial charge is 0.272 e. The van der Waals surface area contributed by atoms with Gasteiger partial charge in [0.25, 0.3) is 11.6 Å². The molecule has 140 valence electrons. The number of nitro groups is 1. The van der Waals surface area contributed by atoms with Crippen molar-refractivity contribution in [2.24, 2.45) is 0 Å². The van der Waals surface area contributed by atoms with E-state index in [0.29, 0.717) is 17.0 Å². The van der Waals surface area contributed by atoms with Gasteiger partial charge in [-0.15, -0.1) is 0 Å². The molecule has 0 radical (unpaired) electrons. The lowest BCUT2D eigenvalue weighted by atomic mass is 10.0. The van der Waals surface area contributed by atoms with Gasteiger partial charge in [0.05, 0.1) is 23.8 Å². The number of hydrogen-bond acceptors (Lipinski definition) is 7. The minimum Gasteiger partial charge on any atom is -0.463 e. The Labute approximate surface area is 152 Å². The zero-order chi connectivity index (χ0) is 19.4. The first-order chi connectivity index (χ1) is 13.0. The lowest BCUT2D eigenvalue weighted by molar-refractivity contribution is -0.384. The first-order valence-electron chi connectivity index (χ1n) is 7.93. The molecule has 3 aromatic rings. The number of carbonyl (C=O) groups is 1. The van der Waals surface area contributed by atoms with Gasteiger partial charge in [-0.2, -0.15) is 5.10 Å². The number of nitro benzene ring substituents is 1. The summed E-state index contributed by atoms with van der Waals surface area (Å²) < 4.78 is 5.21. The summed E-state index contributed by atoms with van der Waals surface area (Å²) in [7, 11) is 0. The van der Waals surface area contributed by atoms with Crippen molar-refractivity contribution in [3.05, 3.63) is 70.1 Å². The van der Waals surface area contributed by atoms with Crippen LogP contribution in [0.2, 0.25) is 0 Å². The Morgan fingerprint density at radius 2 is 2.07 bits per heavy atom. The quantitative estimate of drug-likeness (QED) is 0.361. The molecule has 1 amide bonds. The molecule has 0 aliphatic rings. The zero-order valence-corrected chi connectivity index (χ0v) is 13.9. The Hall–Kier alpha value is -3.50. The van der Waals surface area contributed by atoms with Gasteiger partial charge in [0, 0.05) is 18.2 Å². The molecule has 0 spiro atoms. The Kier molecular flexibility index (Phi) is 5.29. The number of carbonyl (C=O) groups excluding carboxylic acids is 1. The number of aromatic amines is 1. The van der Waals surface area contributed by atoms with E-state index in [1.54, 1.807) is 12.1 Å². The van der Waals surface area contributed by atoms with Gasteiger partial charge in [-0.3, -0.25) is 20.0 Å². The summed E-state index contributed by atoms with van der Waals surface area (Å²) in [6.07, 6.45) is 0.224. The van der Waals surface area contributed by atoms with Crippen LogP contribution in [0.4, 0.5) is 5.69 Å². The van der Waals surface area contributed by atoms with E-state index < -0.39 is 29.6 Å². The summed E-state index contributed by atoms with van der Waals surface area (Å²) in [5, 5.41) is 39.6. The van der Waals surface area contributed by atoms with E-state index in [2.05, 4.69) is 15.5 Å². The molecular formula is C17H16N4O6. The van der Waals surface area contributed by atoms with Crippen molar-refractivity contribution < 1.29 is 24.3 Å². The topological polar surface area (TPSA) is 155 Å². The highest BCUT2D eigenvalue weighted by molar-refractivity contribution is 5.93. The number of non-ortho nitro benzene ring substituents is 1. The van der Waals surface area contributed by atoms with E-state index in [1.165, 1.54) is 36.6 Å². The number of rotatable bonds is 7. The number of nitrogens with zero attached hydrogens (tertiary/aromatic N) is 2. The number of furan rings is 1. The standard InChI is InChI=1S/C17H16N4O6/c22-9-14(16(23)10-3-5-11(6-4-10)21(25)26)18-17(24)13-8-12(19-20-13)15-2-1-7-27-15/h1-8,14,16,22-23H,9H2,(H,18,24)(H,19,20). The maximum absolute atomic E-state index is 12.3. The van der Waals surface area contributed by atoms with Crippen LogP contribution in [0.1, 0.15) is 22.2 Å². The average molecular weight is 372 g/mol. The molecule has 27 heavy (non-hydrogen) atoms. The SMILES string of the molecule is O=C(NC(CO)C(O)c1ccc([N+](=O)[O-])cc1)c1cc(-c2ccco2)[nH]n1. The molecule has 0 saturated heterocycles. The van der Waals surface area contributed by atoms with Gasteiger partial charge in [0.1, 0.15) is 11.8 Å². The van der Waals surface area contributed by atoms with Gasteiger partial charge in [0.2, 0.25) is 0 Å². The fraction of sp³-hybridized carbons (Fsp3) is 0.176. The normalized spacial score (nSPS) is 13.1. The summed E-state index contributed by atoms with van der Waals surface area (Å²) in [6.45, 7) is -0.542. The molecule has 0 bridgehead atoms. The van der Waals surface area contributed by atoms with Crippen LogP contribution < -0.4 is 5.32 Å². The number of benzene rings is 1. The Morgan fingerprint density at radius 1 is 1.33 bits per heavy atom. The van der Waals surface area contributed by atoms with E-state index in [4.69, 9.17) is 4.42 Å². The van der Waals surface area contributed by atoms with Crippen LogP contribution in [0.5, 0.6) is 0 Å². The molecule has 2 unspecified atom stereocenters. The van der Waals surface area contributed by atoms with E-state index in [-0.39, 0.29) is 11.4 Å². The maximum Gasteiger partial charge on any atom is 0.272 e. The molecule has 10 nitrogen and oxygen atoms in total. The third-order valence-corrected chi connectivity index (χ3v) is 3.94. The van der Waals surface area contributed by atoms with E-state index in [0.717, 1.165) is 0 Å². The van der Waals surface area contributed by atoms with Crippen molar-refractivity contribution >= 4 is 11.6 Å². The van der Waals surface area contributed by atoms with Gasteiger partial charge in [-0.25, -0.2) is 0 Å². The highest BCUT2D eigenvalue weighted by Crippen LogP contribution is 2.21. The van der Waals surface area contributed by atoms with Gasteiger partial charge in [0.15, 0.2) is 11.5 Å². The predicted molar refractivity (Wildman–Crippen MR) is 92.7 cm³/mol. The maximum atomic E-state index is 12.3. The zero-order valence-electron chi connectivity index (χ0n) is 13.9. The molecule has 0 aliphatic carbocycles. The Morgan fingerprint density at radius 3 is 2.67 bits per heavy atom. The van der Waals surface area contributed by atoms with Gasteiger partial charge >= 0.3 is 0 Å². The van der Waals surface area contributed by atoms with E-state index in [1.807, 2.05) is 0 Å². The highest BCUT2D eigenvalue weighted by atomic mass is 16.6. The third kappa shape index (κ3) is 4.02. The summed E-state index contributed by atoms with van der Waals surface area (Å²) in [5.41, 5.74) is 0.744. The minimum atomic E-state index is -1.26. The van der Waals surface area contributed by atoms with Crippen LogP contribution in [0.3, 0.4) is 0 Å².